The average Bonchev–Trinajstić information content (AvgIpc) is 2.84. The van der Waals surface area contributed by atoms with E-state index in [9.17, 15) is 10.2 Å². The molecule has 32 heavy (non-hydrogen) atoms. The number of aliphatic hydroxyl groups is 2. The van der Waals surface area contributed by atoms with Gasteiger partial charge in [0.2, 0.25) is 0 Å². The highest BCUT2D eigenvalue weighted by molar-refractivity contribution is 5.80. The summed E-state index contributed by atoms with van der Waals surface area (Å²) in [7, 11) is 0. The van der Waals surface area contributed by atoms with Crippen LogP contribution in [-0.4, -0.2) is 51.0 Å². The van der Waals surface area contributed by atoms with Crippen LogP contribution in [0.25, 0.3) is 21.8 Å². The third-order valence-electron chi connectivity index (χ3n) is 6.39. The molecule has 3 heterocycles. The molecule has 5 rings (SSSR count). The molecule has 1 fully saturated rings. The van der Waals surface area contributed by atoms with Gasteiger partial charge in [0, 0.05) is 48.2 Å². The molecular weight excluding hydrogens is 402 g/mol. The van der Waals surface area contributed by atoms with E-state index in [1.165, 1.54) is 0 Å². The van der Waals surface area contributed by atoms with Crippen LogP contribution in [0.15, 0.2) is 73.1 Å². The average molecular weight is 430 g/mol. The first-order valence-electron chi connectivity index (χ1n) is 11.1. The Morgan fingerprint density at radius 2 is 1.69 bits per heavy atom. The van der Waals surface area contributed by atoms with Gasteiger partial charge >= 0.3 is 0 Å². The third-order valence-corrected chi connectivity index (χ3v) is 6.39. The lowest BCUT2D eigenvalue weighted by Gasteiger charge is -2.40. The minimum atomic E-state index is -0.914. The first kappa shape index (κ1) is 20.8. The lowest BCUT2D eigenvalue weighted by Crippen LogP contribution is -2.47. The number of aromatic nitrogens is 2. The number of ether oxygens (including phenoxy) is 1. The van der Waals surface area contributed by atoms with Gasteiger partial charge in [-0.3, -0.25) is 14.9 Å². The molecule has 0 amide bonds. The van der Waals surface area contributed by atoms with E-state index >= 15 is 0 Å². The van der Waals surface area contributed by atoms with Crippen LogP contribution in [0.1, 0.15) is 24.8 Å². The monoisotopic (exact) mass is 429 g/mol. The third kappa shape index (κ3) is 4.30. The zero-order valence-corrected chi connectivity index (χ0v) is 17.9. The number of para-hydroxylation sites is 1. The van der Waals surface area contributed by atoms with E-state index in [0.717, 1.165) is 33.1 Å². The zero-order chi connectivity index (χ0) is 22.0. The van der Waals surface area contributed by atoms with Gasteiger partial charge in [-0.05, 0) is 49.2 Å². The van der Waals surface area contributed by atoms with Crippen LogP contribution in [0.4, 0.5) is 0 Å². The number of pyridine rings is 2. The highest BCUT2D eigenvalue weighted by Crippen LogP contribution is 2.34. The molecular formula is C26H27N3O3. The van der Waals surface area contributed by atoms with E-state index in [4.69, 9.17) is 4.74 Å². The second kappa shape index (κ2) is 8.82. The molecule has 0 unspecified atom stereocenters. The molecule has 0 bridgehead atoms. The van der Waals surface area contributed by atoms with E-state index in [2.05, 4.69) is 9.97 Å². The summed E-state index contributed by atoms with van der Waals surface area (Å²) in [5, 5.41) is 23.9. The molecule has 164 valence electrons. The van der Waals surface area contributed by atoms with Crippen molar-refractivity contribution in [3.05, 3.63) is 78.6 Å². The van der Waals surface area contributed by atoms with Gasteiger partial charge in [0.15, 0.2) is 0 Å². The van der Waals surface area contributed by atoms with Gasteiger partial charge in [0.25, 0.3) is 0 Å². The maximum atomic E-state index is 11.2. The number of likely N-dealkylation sites (tertiary alicyclic amines) is 1. The number of hydrogen-bond donors (Lipinski definition) is 2. The largest absolute Gasteiger partial charge is 0.493 e. The second-order valence-corrected chi connectivity index (χ2v) is 8.46. The molecule has 0 aliphatic carbocycles. The maximum Gasteiger partial charge on any atom is 0.120 e. The lowest BCUT2D eigenvalue weighted by atomic mass is 9.84. The standard InChI is InChI=1S/C26H27N3O3/c30-25(9-15-32-22-7-8-24-20(17-22)5-3-12-27-24)29-13-10-26(31,11-14-29)21-16-19-4-1-2-6-23(19)28-18-21/h1-8,12,16-18,25,30-31H,9-11,13-15H2/t25-/m0/s1. The number of fused-ring (bicyclic) bond motifs is 2. The summed E-state index contributed by atoms with van der Waals surface area (Å²) in [5.74, 6) is 0.773. The van der Waals surface area contributed by atoms with Crippen LogP contribution >= 0.6 is 0 Å². The number of hydrogen-bond acceptors (Lipinski definition) is 6. The van der Waals surface area contributed by atoms with Crippen LogP contribution in [0, 0.1) is 0 Å². The number of aliphatic hydroxyl groups excluding tert-OH is 1. The summed E-state index contributed by atoms with van der Waals surface area (Å²) in [6.45, 7) is 1.65. The SMILES string of the molecule is O[C@@H](CCOc1ccc2ncccc2c1)N1CCC(O)(c2cnc3ccccc3c2)CC1. The van der Waals surface area contributed by atoms with Gasteiger partial charge < -0.3 is 14.9 Å². The van der Waals surface area contributed by atoms with Gasteiger partial charge in [-0.25, -0.2) is 0 Å². The van der Waals surface area contributed by atoms with Crippen LogP contribution in [0.2, 0.25) is 0 Å². The molecule has 1 atom stereocenters. The molecule has 2 aromatic carbocycles. The van der Waals surface area contributed by atoms with Crippen molar-refractivity contribution in [1.82, 2.24) is 14.9 Å². The van der Waals surface area contributed by atoms with Gasteiger partial charge in [0.05, 0.1) is 23.2 Å². The fraction of sp³-hybridized carbons (Fsp3) is 0.308. The van der Waals surface area contributed by atoms with Gasteiger partial charge in [0.1, 0.15) is 12.0 Å². The van der Waals surface area contributed by atoms with Crippen molar-refractivity contribution >= 4 is 21.8 Å². The normalized spacial score (nSPS) is 17.4. The molecule has 1 saturated heterocycles. The smallest absolute Gasteiger partial charge is 0.120 e. The Balaban J connectivity index is 1.15. The Kier molecular flexibility index (Phi) is 5.74. The lowest BCUT2D eigenvalue weighted by molar-refractivity contribution is -0.0819. The number of nitrogens with zero attached hydrogens (tertiary/aromatic N) is 3. The fourth-order valence-electron chi connectivity index (χ4n) is 4.41. The molecule has 4 aromatic rings. The van der Waals surface area contributed by atoms with Crippen molar-refractivity contribution in [3.8, 4) is 5.75 Å². The summed E-state index contributed by atoms with van der Waals surface area (Å²) in [6.07, 6.45) is 4.57. The van der Waals surface area contributed by atoms with Crippen molar-refractivity contribution < 1.29 is 14.9 Å². The fourth-order valence-corrected chi connectivity index (χ4v) is 4.41. The summed E-state index contributed by atoms with van der Waals surface area (Å²) < 4.78 is 5.85. The first-order chi connectivity index (χ1) is 15.6. The second-order valence-electron chi connectivity index (χ2n) is 8.46. The number of piperidine rings is 1. The highest BCUT2D eigenvalue weighted by atomic mass is 16.5. The van der Waals surface area contributed by atoms with E-state index in [1.807, 2.05) is 65.6 Å². The topological polar surface area (TPSA) is 78.7 Å². The number of rotatable bonds is 6. The molecule has 1 aliphatic rings. The Morgan fingerprint density at radius 1 is 0.938 bits per heavy atom. The minimum absolute atomic E-state index is 0.419. The van der Waals surface area contributed by atoms with E-state index in [0.29, 0.717) is 39.0 Å². The Hall–Kier alpha value is -3.06. The summed E-state index contributed by atoms with van der Waals surface area (Å²) >= 11 is 0. The minimum Gasteiger partial charge on any atom is -0.493 e. The van der Waals surface area contributed by atoms with Crippen LogP contribution in [0.3, 0.4) is 0 Å². The Morgan fingerprint density at radius 3 is 2.56 bits per heavy atom. The number of benzene rings is 2. The quantitative estimate of drug-likeness (QED) is 0.485. The first-order valence-corrected chi connectivity index (χ1v) is 11.1. The Labute approximate surface area is 187 Å². The summed E-state index contributed by atoms with van der Waals surface area (Å²) in [5.41, 5.74) is 1.79. The maximum absolute atomic E-state index is 11.2. The zero-order valence-electron chi connectivity index (χ0n) is 17.9. The molecule has 2 N–H and O–H groups in total. The summed E-state index contributed by atoms with van der Waals surface area (Å²) in [4.78, 5) is 10.8. The van der Waals surface area contributed by atoms with Crippen molar-refractivity contribution in [1.29, 1.82) is 0 Å². The van der Waals surface area contributed by atoms with Crippen molar-refractivity contribution in [2.24, 2.45) is 0 Å². The molecule has 0 spiro atoms. The Bertz CT molecular complexity index is 1220. The van der Waals surface area contributed by atoms with Crippen molar-refractivity contribution in [3.63, 3.8) is 0 Å². The van der Waals surface area contributed by atoms with Crippen LogP contribution in [-0.2, 0) is 5.60 Å². The molecule has 6 nitrogen and oxygen atoms in total. The van der Waals surface area contributed by atoms with E-state index in [-0.39, 0.29) is 0 Å². The predicted molar refractivity (Wildman–Crippen MR) is 124 cm³/mol. The predicted octanol–water partition coefficient (Wildman–Crippen LogP) is 3.85. The van der Waals surface area contributed by atoms with Crippen molar-refractivity contribution in [2.45, 2.75) is 31.1 Å². The molecule has 2 aromatic heterocycles. The summed E-state index contributed by atoms with van der Waals surface area (Å²) in [6, 6.07) is 19.7. The van der Waals surface area contributed by atoms with Gasteiger partial charge in [-0.15, -0.1) is 0 Å². The molecule has 0 radical (unpaired) electrons. The van der Waals surface area contributed by atoms with Gasteiger partial charge in [-0.1, -0.05) is 24.3 Å². The molecule has 6 heteroatoms. The van der Waals surface area contributed by atoms with Crippen LogP contribution in [0.5, 0.6) is 5.75 Å². The van der Waals surface area contributed by atoms with E-state index < -0.39 is 11.8 Å². The van der Waals surface area contributed by atoms with Crippen molar-refractivity contribution in [2.75, 3.05) is 19.7 Å². The van der Waals surface area contributed by atoms with Gasteiger partial charge in [-0.2, -0.15) is 0 Å². The van der Waals surface area contributed by atoms with Crippen LogP contribution < -0.4 is 4.74 Å². The molecule has 1 aliphatic heterocycles. The van der Waals surface area contributed by atoms with E-state index in [1.54, 1.807) is 12.4 Å². The highest BCUT2D eigenvalue weighted by Gasteiger charge is 2.36. The molecule has 0 saturated carbocycles.